The number of hydrogen-bond acceptors (Lipinski definition) is 3. The minimum Gasteiger partial charge on any atom is -0.479 e. The molecule has 1 atom stereocenters. The maximum absolute atomic E-state index is 12.7. The number of carboxylic acid groups (broad SMARTS) is 1. The van der Waals surface area contributed by atoms with Gasteiger partial charge in [-0.25, -0.2) is 9.59 Å². The van der Waals surface area contributed by atoms with Crippen molar-refractivity contribution in [1.82, 2.24) is 15.5 Å². The Morgan fingerprint density at radius 3 is 2.42 bits per heavy atom. The first-order chi connectivity index (χ1) is 8.68. The van der Waals surface area contributed by atoms with Crippen LogP contribution in [0.15, 0.2) is 0 Å². The third kappa shape index (κ3) is 3.49. The third-order valence-corrected chi connectivity index (χ3v) is 2.98. The summed E-state index contributed by atoms with van der Waals surface area (Å²) in [4.78, 5) is 23.7. The van der Waals surface area contributed by atoms with Crippen molar-refractivity contribution in [3.63, 3.8) is 0 Å². The van der Waals surface area contributed by atoms with E-state index >= 15 is 0 Å². The van der Waals surface area contributed by atoms with Crippen LogP contribution in [0.25, 0.3) is 0 Å². The number of nitrogens with one attached hydrogen (secondary N) is 2. The Balaban J connectivity index is 2.79. The fraction of sp³-hybridized carbons (Fsp3) is 0.800. The highest BCUT2D eigenvalue weighted by Crippen LogP contribution is 2.30. The maximum Gasteiger partial charge on any atom is 0.422 e. The highest BCUT2D eigenvalue weighted by atomic mass is 19.4. The van der Waals surface area contributed by atoms with Crippen LogP contribution < -0.4 is 10.6 Å². The molecule has 0 spiro atoms. The molecule has 1 heterocycles. The second-order valence-electron chi connectivity index (χ2n) is 4.45. The minimum absolute atomic E-state index is 0.236. The first kappa shape index (κ1) is 15.5. The van der Waals surface area contributed by atoms with Gasteiger partial charge in [-0.3, -0.25) is 0 Å². The first-order valence-electron chi connectivity index (χ1n) is 5.76. The number of carbonyl (C=O) groups is 2. The summed E-state index contributed by atoms with van der Waals surface area (Å²) in [6.07, 6.45) is -4.47. The van der Waals surface area contributed by atoms with Gasteiger partial charge in [0.25, 0.3) is 0 Å². The number of halogens is 3. The van der Waals surface area contributed by atoms with Crippen molar-refractivity contribution >= 4 is 12.0 Å². The van der Waals surface area contributed by atoms with Gasteiger partial charge in [0.05, 0.1) is 0 Å². The Morgan fingerprint density at radius 2 is 1.89 bits per heavy atom. The van der Waals surface area contributed by atoms with Crippen molar-refractivity contribution < 1.29 is 27.9 Å². The van der Waals surface area contributed by atoms with Crippen LogP contribution in [0, 0.1) is 0 Å². The standard InChI is InChI=1S/C10H16F3N3O3/c1-9(7(17)18,10(11,12)13)15-8(19)16-5-2-3-14-4-6-16/h14H,2-6H2,1H3,(H,15,19)(H,17,18). The van der Waals surface area contributed by atoms with E-state index in [0.717, 1.165) is 0 Å². The SMILES string of the molecule is CC(NC(=O)N1CCCNCC1)(C(=O)O)C(F)(F)F. The van der Waals surface area contributed by atoms with Crippen LogP contribution in [0.2, 0.25) is 0 Å². The highest BCUT2D eigenvalue weighted by molar-refractivity contribution is 5.86. The van der Waals surface area contributed by atoms with Gasteiger partial charge in [0.15, 0.2) is 0 Å². The van der Waals surface area contributed by atoms with E-state index in [1.165, 1.54) is 4.90 Å². The van der Waals surface area contributed by atoms with E-state index in [-0.39, 0.29) is 13.1 Å². The molecule has 19 heavy (non-hydrogen) atoms. The number of rotatable bonds is 2. The number of hydrogen-bond donors (Lipinski definition) is 3. The number of aliphatic carboxylic acids is 1. The Labute approximate surface area is 107 Å². The van der Waals surface area contributed by atoms with E-state index < -0.39 is 23.7 Å². The molecule has 0 aromatic heterocycles. The second-order valence-corrected chi connectivity index (χ2v) is 4.45. The Morgan fingerprint density at radius 1 is 1.26 bits per heavy atom. The van der Waals surface area contributed by atoms with Crippen molar-refractivity contribution in [2.24, 2.45) is 0 Å². The molecule has 1 aliphatic rings. The van der Waals surface area contributed by atoms with Gasteiger partial charge in [0, 0.05) is 19.6 Å². The molecule has 2 amide bonds. The highest BCUT2D eigenvalue weighted by Gasteiger charge is 2.58. The molecule has 1 aliphatic heterocycles. The summed E-state index contributed by atoms with van der Waals surface area (Å²) in [6, 6.07) is -1.02. The summed E-state index contributed by atoms with van der Waals surface area (Å²) in [6.45, 7) is 2.08. The number of amides is 2. The molecule has 110 valence electrons. The molecule has 1 rings (SSSR count). The van der Waals surface area contributed by atoms with Crippen molar-refractivity contribution in [3.8, 4) is 0 Å². The van der Waals surface area contributed by atoms with Crippen LogP contribution in [0.1, 0.15) is 13.3 Å². The third-order valence-electron chi connectivity index (χ3n) is 2.98. The number of urea groups is 1. The fourth-order valence-electron chi connectivity index (χ4n) is 1.59. The lowest BCUT2D eigenvalue weighted by Gasteiger charge is -2.31. The van der Waals surface area contributed by atoms with Crippen molar-refractivity contribution in [2.45, 2.75) is 25.1 Å². The summed E-state index contributed by atoms with van der Waals surface area (Å²) < 4.78 is 38.2. The number of carboxylic acids is 1. The zero-order chi connectivity index (χ0) is 14.7. The molecule has 0 radical (unpaired) electrons. The average molecular weight is 283 g/mol. The molecule has 9 heteroatoms. The normalized spacial score (nSPS) is 20.3. The zero-order valence-corrected chi connectivity index (χ0v) is 10.4. The van der Waals surface area contributed by atoms with Gasteiger partial charge in [-0.1, -0.05) is 0 Å². The lowest BCUT2D eigenvalue weighted by molar-refractivity contribution is -0.203. The molecule has 3 N–H and O–H groups in total. The van der Waals surface area contributed by atoms with Crippen molar-refractivity contribution in [1.29, 1.82) is 0 Å². The largest absolute Gasteiger partial charge is 0.479 e. The molecule has 1 fully saturated rings. The van der Waals surface area contributed by atoms with Crippen LogP contribution in [0.5, 0.6) is 0 Å². The van der Waals surface area contributed by atoms with Gasteiger partial charge in [-0.15, -0.1) is 0 Å². The van der Waals surface area contributed by atoms with Gasteiger partial charge >= 0.3 is 18.2 Å². The number of nitrogens with zero attached hydrogens (tertiary/aromatic N) is 1. The molecule has 0 saturated carbocycles. The summed E-state index contributed by atoms with van der Waals surface area (Å²) in [5.74, 6) is -2.14. The van der Waals surface area contributed by atoms with E-state index in [1.54, 1.807) is 5.32 Å². The zero-order valence-electron chi connectivity index (χ0n) is 10.4. The van der Waals surface area contributed by atoms with E-state index in [0.29, 0.717) is 26.4 Å². The molecular weight excluding hydrogens is 267 g/mol. The summed E-state index contributed by atoms with van der Waals surface area (Å²) in [7, 11) is 0. The van der Waals surface area contributed by atoms with E-state index in [2.05, 4.69) is 5.32 Å². The lowest BCUT2D eigenvalue weighted by Crippen LogP contribution is -2.64. The molecular formula is C10H16F3N3O3. The molecule has 1 unspecified atom stereocenters. The molecule has 0 aliphatic carbocycles. The number of alkyl halides is 3. The first-order valence-corrected chi connectivity index (χ1v) is 5.76. The predicted molar refractivity (Wildman–Crippen MR) is 59.7 cm³/mol. The lowest BCUT2D eigenvalue weighted by atomic mass is 10.0. The van der Waals surface area contributed by atoms with Gasteiger partial charge < -0.3 is 20.6 Å². The summed E-state index contributed by atoms with van der Waals surface area (Å²) >= 11 is 0. The molecule has 6 nitrogen and oxygen atoms in total. The molecule has 0 aromatic carbocycles. The van der Waals surface area contributed by atoms with Gasteiger partial charge in [0.1, 0.15) is 0 Å². The average Bonchev–Trinajstić information content (AvgIpc) is 2.55. The Bertz CT molecular complexity index is 354. The molecule has 0 aromatic rings. The van der Waals surface area contributed by atoms with Crippen LogP contribution in [0.3, 0.4) is 0 Å². The minimum atomic E-state index is -5.07. The van der Waals surface area contributed by atoms with Crippen molar-refractivity contribution in [2.75, 3.05) is 26.2 Å². The summed E-state index contributed by atoms with van der Waals surface area (Å²) in [5, 5.41) is 13.3. The quantitative estimate of drug-likeness (QED) is 0.685. The number of carbonyl (C=O) groups excluding carboxylic acids is 1. The van der Waals surface area contributed by atoms with Gasteiger partial charge in [0.2, 0.25) is 5.54 Å². The molecule has 1 saturated heterocycles. The smallest absolute Gasteiger partial charge is 0.422 e. The van der Waals surface area contributed by atoms with Gasteiger partial charge in [-0.05, 0) is 19.9 Å². The summed E-state index contributed by atoms with van der Waals surface area (Å²) in [5.41, 5.74) is -3.29. The van der Waals surface area contributed by atoms with Crippen LogP contribution >= 0.6 is 0 Å². The Hall–Kier alpha value is -1.51. The topological polar surface area (TPSA) is 81.7 Å². The monoisotopic (exact) mass is 283 g/mol. The second kappa shape index (κ2) is 5.64. The van der Waals surface area contributed by atoms with Gasteiger partial charge in [-0.2, -0.15) is 13.2 Å². The van der Waals surface area contributed by atoms with E-state index in [9.17, 15) is 22.8 Å². The maximum atomic E-state index is 12.7. The van der Waals surface area contributed by atoms with E-state index in [4.69, 9.17) is 5.11 Å². The van der Waals surface area contributed by atoms with E-state index in [1.807, 2.05) is 0 Å². The molecule has 0 bridgehead atoms. The van der Waals surface area contributed by atoms with Crippen LogP contribution in [-0.4, -0.2) is 59.9 Å². The fourth-order valence-corrected chi connectivity index (χ4v) is 1.59. The van der Waals surface area contributed by atoms with Crippen LogP contribution in [-0.2, 0) is 4.79 Å². The Kier molecular flexibility index (Phi) is 4.61. The predicted octanol–water partition coefficient (Wildman–Crippen LogP) is 0.397. The van der Waals surface area contributed by atoms with Crippen LogP contribution in [0.4, 0.5) is 18.0 Å². The van der Waals surface area contributed by atoms with Crippen molar-refractivity contribution in [3.05, 3.63) is 0 Å².